The molecule has 1 fully saturated rings. The summed E-state index contributed by atoms with van der Waals surface area (Å²) < 4.78 is 0.748. The molecule has 28 heavy (non-hydrogen) atoms. The third-order valence-corrected chi connectivity index (χ3v) is 5.30. The van der Waals surface area contributed by atoms with Crippen LogP contribution in [0.4, 0.5) is 5.69 Å². The molecule has 1 saturated heterocycles. The Balaban J connectivity index is 2.06. The molecule has 10 heteroatoms. The van der Waals surface area contributed by atoms with E-state index in [1.165, 1.54) is 42.5 Å². The van der Waals surface area contributed by atoms with Gasteiger partial charge in [0, 0.05) is 0 Å². The summed E-state index contributed by atoms with van der Waals surface area (Å²) in [6.07, 6.45) is 1.35. The number of phenols is 1. The first-order chi connectivity index (χ1) is 13.2. The lowest BCUT2D eigenvalue weighted by Crippen LogP contribution is -2.54. The molecular weight excluding hydrogens is 516 g/mol. The van der Waals surface area contributed by atoms with Crippen LogP contribution in [-0.4, -0.2) is 33.1 Å². The Morgan fingerprint density at radius 3 is 2.39 bits per heavy atom. The van der Waals surface area contributed by atoms with Crippen LogP contribution in [0.2, 0.25) is 0 Å². The number of amides is 2. The van der Waals surface area contributed by atoms with E-state index < -0.39 is 17.8 Å². The average molecular weight is 526 g/mol. The van der Waals surface area contributed by atoms with E-state index in [4.69, 9.17) is 17.3 Å². The quantitative estimate of drug-likeness (QED) is 0.322. The Hall–Kier alpha value is -2.56. The number of rotatable bonds is 3. The van der Waals surface area contributed by atoms with Gasteiger partial charge in [0.15, 0.2) is 5.11 Å². The number of carbonyl (C=O) groups is 3. The van der Waals surface area contributed by atoms with Crippen molar-refractivity contribution in [2.24, 2.45) is 0 Å². The van der Waals surface area contributed by atoms with Gasteiger partial charge in [-0.3, -0.25) is 19.8 Å². The molecule has 2 aromatic rings. The van der Waals surface area contributed by atoms with Gasteiger partial charge >= 0.3 is 5.97 Å². The molecule has 0 aliphatic carbocycles. The van der Waals surface area contributed by atoms with E-state index in [9.17, 15) is 19.5 Å². The summed E-state index contributed by atoms with van der Waals surface area (Å²) >= 11 is 11.5. The molecule has 142 valence electrons. The maximum Gasteiger partial charge on any atom is 0.335 e. The van der Waals surface area contributed by atoms with Gasteiger partial charge in [-0.15, -0.1) is 0 Å². The number of carbonyl (C=O) groups excluding carboxylic acids is 2. The monoisotopic (exact) mass is 524 g/mol. The zero-order valence-corrected chi connectivity index (χ0v) is 17.8. The standard InChI is InChI=1S/C18H10Br2N2O5S/c19-12-5-8(6-13(20)14(12)23)4-11-15(24)21-18(28)22(16(11)25)10-3-1-2-9(7-10)17(26)27/h1-7,23H,(H,26,27)(H,21,24,28). The minimum atomic E-state index is -1.16. The van der Waals surface area contributed by atoms with Gasteiger partial charge in [-0.2, -0.15) is 0 Å². The molecule has 0 saturated carbocycles. The number of nitrogens with one attached hydrogen (secondary N) is 1. The lowest BCUT2D eigenvalue weighted by molar-refractivity contribution is -0.122. The highest BCUT2D eigenvalue weighted by molar-refractivity contribution is 9.11. The summed E-state index contributed by atoms with van der Waals surface area (Å²) in [6.45, 7) is 0. The van der Waals surface area contributed by atoms with Gasteiger partial charge in [-0.05, 0) is 86.0 Å². The van der Waals surface area contributed by atoms with Crippen molar-refractivity contribution in [3.8, 4) is 5.75 Å². The van der Waals surface area contributed by atoms with Crippen molar-refractivity contribution in [1.82, 2.24) is 5.32 Å². The van der Waals surface area contributed by atoms with Crippen molar-refractivity contribution in [1.29, 1.82) is 0 Å². The van der Waals surface area contributed by atoms with E-state index in [0.717, 1.165) is 4.90 Å². The van der Waals surface area contributed by atoms with Crippen molar-refractivity contribution in [3.63, 3.8) is 0 Å². The average Bonchev–Trinajstić information content (AvgIpc) is 2.63. The summed E-state index contributed by atoms with van der Waals surface area (Å²) in [5.41, 5.74) is 0.469. The number of anilines is 1. The highest BCUT2D eigenvalue weighted by Crippen LogP contribution is 2.34. The predicted octanol–water partition coefficient (Wildman–Crippen LogP) is 3.45. The van der Waals surface area contributed by atoms with Crippen LogP contribution in [0.5, 0.6) is 5.75 Å². The summed E-state index contributed by atoms with van der Waals surface area (Å²) in [6, 6.07) is 8.73. The molecule has 2 aromatic carbocycles. The Morgan fingerprint density at radius 2 is 1.79 bits per heavy atom. The first kappa shape index (κ1) is 20.2. The van der Waals surface area contributed by atoms with Crippen LogP contribution in [-0.2, 0) is 9.59 Å². The van der Waals surface area contributed by atoms with Gasteiger partial charge in [-0.1, -0.05) is 6.07 Å². The number of carboxylic acids is 1. The Morgan fingerprint density at radius 1 is 1.14 bits per heavy atom. The topological polar surface area (TPSA) is 107 Å². The third kappa shape index (κ3) is 3.84. The second kappa shape index (κ2) is 7.82. The number of thiocarbonyl (C=S) groups is 1. The zero-order valence-electron chi connectivity index (χ0n) is 13.8. The maximum absolute atomic E-state index is 13.0. The molecule has 3 N–H and O–H groups in total. The van der Waals surface area contributed by atoms with Crippen LogP contribution >= 0.6 is 44.1 Å². The lowest BCUT2D eigenvalue weighted by atomic mass is 10.1. The fraction of sp³-hybridized carbons (Fsp3) is 0. The van der Waals surface area contributed by atoms with Crippen LogP contribution < -0.4 is 10.2 Å². The number of halogens is 2. The molecule has 1 heterocycles. The molecule has 1 aliphatic heterocycles. The smallest absolute Gasteiger partial charge is 0.335 e. The number of phenolic OH excluding ortho intramolecular Hbond substituents is 1. The maximum atomic E-state index is 13.0. The van der Waals surface area contributed by atoms with Crippen molar-refractivity contribution in [2.45, 2.75) is 0 Å². The van der Waals surface area contributed by atoms with E-state index in [-0.39, 0.29) is 27.7 Å². The Bertz CT molecular complexity index is 1060. The highest BCUT2D eigenvalue weighted by Gasteiger charge is 2.34. The minimum absolute atomic E-state index is 0.0186. The minimum Gasteiger partial charge on any atom is -0.506 e. The number of hydrogen-bond donors (Lipinski definition) is 3. The molecule has 3 rings (SSSR count). The number of aromatic carboxylic acids is 1. The predicted molar refractivity (Wildman–Crippen MR) is 113 cm³/mol. The number of benzene rings is 2. The fourth-order valence-electron chi connectivity index (χ4n) is 2.51. The first-order valence-corrected chi connectivity index (χ1v) is 9.61. The van der Waals surface area contributed by atoms with Gasteiger partial charge in [0.05, 0.1) is 20.2 Å². The molecular formula is C18H10Br2N2O5S. The summed E-state index contributed by atoms with van der Waals surface area (Å²) in [7, 11) is 0. The largest absolute Gasteiger partial charge is 0.506 e. The van der Waals surface area contributed by atoms with Gasteiger partial charge in [0.1, 0.15) is 11.3 Å². The van der Waals surface area contributed by atoms with E-state index in [0.29, 0.717) is 14.5 Å². The number of aromatic hydroxyl groups is 1. The lowest BCUT2D eigenvalue weighted by Gasteiger charge is -2.29. The van der Waals surface area contributed by atoms with Gasteiger partial charge < -0.3 is 10.2 Å². The molecule has 0 atom stereocenters. The van der Waals surface area contributed by atoms with Gasteiger partial charge in [0.2, 0.25) is 0 Å². The molecule has 2 amide bonds. The van der Waals surface area contributed by atoms with E-state index in [1.54, 1.807) is 0 Å². The van der Waals surface area contributed by atoms with Gasteiger partial charge in [-0.25, -0.2) is 4.79 Å². The molecule has 7 nitrogen and oxygen atoms in total. The highest BCUT2D eigenvalue weighted by atomic mass is 79.9. The van der Waals surface area contributed by atoms with Crippen LogP contribution in [0, 0.1) is 0 Å². The molecule has 0 radical (unpaired) electrons. The molecule has 0 aromatic heterocycles. The fourth-order valence-corrected chi connectivity index (χ4v) is 4.01. The number of hydrogen-bond acceptors (Lipinski definition) is 5. The van der Waals surface area contributed by atoms with Crippen molar-refractivity contribution >= 4 is 78.7 Å². The van der Waals surface area contributed by atoms with Crippen LogP contribution in [0.1, 0.15) is 15.9 Å². The molecule has 0 spiro atoms. The summed E-state index contributed by atoms with van der Waals surface area (Å²) in [4.78, 5) is 37.5. The SMILES string of the molecule is O=C1NC(=S)N(c2cccc(C(=O)O)c2)C(=O)C1=Cc1cc(Br)c(O)c(Br)c1. The molecule has 0 bridgehead atoms. The van der Waals surface area contributed by atoms with E-state index >= 15 is 0 Å². The Kier molecular flexibility index (Phi) is 5.64. The Labute approximate surface area is 180 Å². The number of carboxylic acid groups (broad SMARTS) is 1. The zero-order chi connectivity index (χ0) is 20.6. The van der Waals surface area contributed by atoms with Crippen LogP contribution in [0.15, 0.2) is 50.9 Å². The van der Waals surface area contributed by atoms with Crippen LogP contribution in [0.3, 0.4) is 0 Å². The normalized spacial score (nSPS) is 15.7. The molecule has 1 aliphatic rings. The van der Waals surface area contributed by atoms with E-state index in [1.807, 2.05) is 0 Å². The summed E-state index contributed by atoms with van der Waals surface area (Å²) in [5, 5.41) is 21.2. The second-order valence-corrected chi connectivity index (χ2v) is 7.74. The van der Waals surface area contributed by atoms with Crippen molar-refractivity contribution in [2.75, 3.05) is 4.90 Å². The number of nitrogens with zero attached hydrogens (tertiary/aromatic N) is 1. The van der Waals surface area contributed by atoms with E-state index in [2.05, 4.69) is 37.2 Å². The van der Waals surface area contributed by atoms with Crippen molar-refractivity contribution < 1.29 is 24.6 Å². The first-order valence-electron chi connectivity index (χ1n) is 7.62. The van der Waals surface area contributed by atoms with Gasteiger partial charge in [0.25, 0.3) is 11.8 Å². The second-order valence-electron chi connectivity index (χ2n) is 5.65. The van der Waals surface area contributed by atoms with Crippen LogP contribution in [0.25, 0.3) is 6.08 Å². The van der Waals surface area contributed by atoms with Crippen molar-refractivity contribution in [3.05, 3.63) is 62.0 Å². The summed E-state index contributed by atoms with van der Waals surface area (Å²) in [5.74, 6) is -2.55. The third-order valence-electron chi connectivity index (χ3n) is 3.80. The molecule has 0 unspecified atom stereocenters.